The van der Waals surface area contributed by atoms with Crippen LogP contribution in [0.5, 0.6) is 0 Å². The predicted molar refractivity (Wildman–Crippen MR) is 66.9 cm³/mol. The van der Waals surface area contributed by atoms with Crippen molar-refractivity contribution < 1.29 is 14.6 Å². The highest BCUT2D eigenvalue weighted by molar-refractivity contribution is 4.93. The molecule has 2 fully saturated rings. The summed E-state index contributed by atoms with van der Waals surface area (Å²) in [6.07, 6.45) is 2.74. The standard InChI is InChI=1S/C14H26O3/c1-10(2)11(3)13(15)12-4-6-17-14(8-12)5-7-16-9-14/h10-13,15H,4-9H2,1-3H3. The Morgan fingerprint density at radius 3 is 2.59 bits per heavy atom. The highest BCUT2D eigenvalue weighted by Crippen LogP contribution is 2.39. The molecule has 100 valence electrons. The van der Waals surface area contributed by atoms with E-state index in [1.54, 1.807) is 0 Å². The van der Waals surface area contributed by atoms with Crippen LogP contribution in [0.3, 0.4) is 0 Å². The maximum atomic E-state index is 10.5. The highest BCUT2D eigenvalue weighted by atomic mass is 16.6. The van der Waals surface area contributed by atoms with Crippen molar-refractivity contribution in [1.29, 1.82) is 0 Å². The fraction of sp³-hybridized carbons (Fsp3) is 1.00. The molecule has 0 amide bonds. The van der Waals surface area contributed by atoms with E-state index in [1.807, 2.05) is 0 Å². The van der Waals surface area contributed by atoms with Gasteiger partial charge in [0.25, 0.3) is 0 Å². The van der Waals surface area contributed by atoms with Gasteiger partial charge in [0.1, 0.15) is 0 Å². The van der Waals surface area contributed by atoms with E-state index in [2.05, 4.69) is 20.8 Å². The molecule has 1 spiro atoms. The molecule has 0 aromatic carbocycles. The Morgan fingerprint density at radius 2 is 2.00 bits per heavy atom. The maximum Gasteiger partial charge on any atom is 0.0940 e. The van der Waals surface area contributed by atoms with Gasteiger partial charge >= 0.3 is 0 Å². The molecule has 3 nitrogen and oxygen atoms in total. The number of ether oxygens (including phenoxy) is 2. The van der Waals surface area contributed by atoms with Crippen LogP contribution in [0.4, 0.5) is 0 Å². The van der Waals surface area contributed by atoms with Gasteiger partial charge in [0.2, 0.25) is 0 Å². The van der Waals surface area contributed by atoms with Gasteiger partial charge in [0, 0.05) is 19.6 Å². The summed E-state index contributed by atoms with van der Waals surface area (Å²) in [5.41, 5.74) is -0.0827. The van der Waals surface area contributed by atoms with Gasteiger partial charge in [-0.3, -0.25) is 0 Å². The molecular weight excluding hydrogens is 216 g/mol. The van der Waals surface area contributed by atoms with Crippen molar-refractivity contribution in [3.8, 4) is 0 Å². The lowest BCUT2D eigenvalue weighted by Gasteiger charge is -2.41. The van der Waals surface area contributed by atoms with Gasteiger partial charge in [-0.05, 0) is 30.6 Å². The first-order chi connectivity index (χ1) is 8.04. The van der Waals surface area contributed by atoms with Crippen LogP contribution in [0.15, 0.2) is 0 Å². The summed E-state index contributed by atoms with van der Waals surface area (Å²) >= 11 is 0. The molecule has 0 bridgehead atoms. The maximum absolute atomic E-state index is 10.5. The second-order valence-corrected chi connectivity index (χ2v) is 6.18. The molecule has 2 aliphatic heterocycles. The molecule has 3 heteroatoms. The van der Waals surface area contributed by atoms with E-state index in [1.165, 1.54) is 0 Å². The minimum absolute atomic E-state index is 0.0827. The fourth-order valence-corrected chi connectivity index (χ4v) is 3.04. The molecule has 2 rings (SSSR count). The number of rotatable bonds is 3. The molecular formula is C14H26O3. The Bertz CT molecular complexity index is 246. The molecule has 2 saturated heterocycles. The Balaban J connectivity index is 1.97. The summed E-state index contributed by atoms with van der Waals surface area (Å²) in [5, 5.41) is 10.5. The third kappa shape index (κ3) is 2.83. The van der Waals surface area contributed by atoms with E-state index in [-0.39, 0.29) is 11.7 Å². The lowest BCUT2D eigenvalue weighted by Crippen LogP contribution is -2.45. The summed E-state index contributed by atoms with van der Waals surface area (Å²) in [6, 6.07) is 0. The molecule has 0 aromatic rings. The van der Waals surface area contributed by atoms with Crippen LogP contribution in [0.1, 0.15) is 40.0 Å². The molecule has 1 N–H and O–H groups in total. The van der Waals surface area contributed by atoms with Crippen molar-refractivity contribution in [1.82, 2.24) is 0 Å². The largest absolute Gasteiger partial charge is 0.393 e. The highest BCUT2D eigenvalue weighted by Gasteiger charge is 2.43. The lowest BCUT2D eigenvalue weighted by atomic mass is 9.76. The average Bonchev–Trinajstić information content (AvgIpc) is 2.75. The summed E-state index contributed by atoms with van der Waals surface area (Å²) in [5.74, 6) is 1.27. The Labute approximate surface area is 104 Å². The van der Waals surface area contributed by atoms with E-state index >= 15 is 0 Å². The second-order valence-electron chi connectivity index (χ2n) is 6.18. The average molecular weight is 242 g/mol. The molecule has 0 aromatic heterocycles. The normalized spacial score (nSPS) is 37.6. The van der Waals surface area contributed by atoms with E-state index in [0.29, 0.717) is 24.4 Å². The third-order valence-electron chi connectivity index (χ3n) is 4.67. The van der Waals surface area contributed by atoms with Crippen LogP contribution in [0.2, 0.25) is 0 Å². The SMILES string of the molecule is CC(C)C(C)C(O)C1CCOC2(CCOC2)C1. The Hall–Kier alpha value is -0.120. The molecule has 4 unspecified atom stereocenters. The van der Waals surface area contributed by atoms with Crippen molar-refractivity contribution in [3.05, 3.63) is 0 Å². The lowest BCUT2D eigenvalue weighted by molar-refractivity contribution is -0.124. The monoisotopic (exact) mass is 242 g/mol. The summed E-state index contributed by atoms with van der Waals surface area (Å²) in [6.45, 7) is 8.82. The molecule has 4 atom stereocenters. The number of aliphatic hydroxyl groups excluding tert-OH is 1. The van der Waals surface area contributed by atoms with Crippen LogP contribution in [0.25, 0.3) is 0 Å². The summed E-state index contributed by atoms with van der Waals surface area (Å²) in [4.78, 5) is 0. The zero-order chi connectivity index (χ0) is 12.5. The summed E-state index contributed by atoms with van der Waals surface area (Å²) in [7, 11) is 0. The predicted octanol–water partition coefficient (Wildman–Crippen LogP) is 2.23. The molecule has 0 aliphatic carbocycles. The van der Waals surface area contributed by atoms with Crippen molar-refractivity contribution in [2.45, 2.75) is 51.7 Å². The van der Waals surface area contributed by atoms with Crippen LogP contribution in [0, 0.1) is 17.8 Å². The van der Waals surface area contributed by atoms with Gasteiger partial charge in [0.05, 0.1) is 18.3 Å². The fourth-order valence-electron chi connectivity index (χ4n) is 3.04. The summed E-state index contributed by atoms with van der Waals surface area (Å²) < 4.78 is 11.4. The van der Waals surface area contributed by atoms with Crippen molar-refractivity contribution >= 4 is 0 Å². The number of hydrogen-bond acceptors (Lipinski definition) is 3. The minimum atomic E-state index is -0.198. The zero-order valence-corrected chi connectivity index (χ0v) is 11.3. The van der Waals surface area contributed by atoms with Crippen LogP contribution in [-0.2, 0) is 9.47 Å². The first-order valence-electron chi connectivity index (χ1n) is 6.94. The molecule has 17 heavy (non-hydrogen) atoms. The van der Waals surface area contributed by atoms with Crippen molar-refractivity contribution in [2.75, 3.05) is 19.8 Å². The first kappa shape index (κ1) is 13.3. The first-order valence-corrected chi connectivity index (χ1v) is 6.94. The topological polar surface area (TPSA) is 38.7 Å². The second kappa shape index (κ2) is 5.25. The van der Waals surface area contributed by atoms with Crippen molar-refractivity contribution in [3.63, 3.8) is 0 Å². The van der Waals surface area contributed by atoms with Gasteiger partial charge in [-0.15, -0.1) is 0 Å². The van der Waals surface area contributed by atoms with Gasteiger partial charge in [-0.2, -0.15) is 0 Å². The smallest absolute Gasteiger partial charge is 0.0940 e. The quantitative estimate of drug-likeness (QED) is 0.825. The van der Waals surface area contributed by atoms with Gasteiger partial charge < -0.3 is 14.6 Å². The van der Waals surface area contributed by atoms with E-state index in [0.717, 1.165) is 32.5 Å². The van der Waals surface area contributed by atoms with Crippen molar-refractivity contribution in [2.24, 2.45) is 17.8 Å². The van der Waals surface area contributed by atoms with Gasteiger partial charge in [-0.25, -0.2) is 0 Å². The van der Waals surface area contributed by atoms with Crippen LogP contribution < -0.4 is 0 Å². The Kier molecular flexibility index (Phi) is 4.11. The van der Waals surface area contributed by atoms with E-state index < -0.39 is 0 Å². The van der Waals surface area contributed by atoms with Gasteiger partial charge in [0.15, 0.2) is 0 Å². The number of hydrogen-bond donors (Lipinski definition) is 1. The zero-order valence-electron chi connectivity index (χ0n) is 11.3. The molecule has 0 radical (unpaired) electrons. The Morgan fingerprint density at radius 1 is 1.24 bits per heavy atom. The molecule has 2 heterocycles. The van der Waals surface area contributed by atoms with Gasteiger partial charge in [-0.1, -0.05) is 20.8 Å². The molecule has 2 aliphatic rings. The van der Waals surface area contributed by atoms with E-state index in [9.17, 15) is 5.11 Å². The van der Waals surface area contributed by atoms with E-state index in [4.69, 9.17) is 9.47 Å². The number of aliphatic hydroxyl groups is 1. The van der Waals surface area contributed by atoms with Crippen LogP contribution >= 0.6 is 0 Å². The minimum Gasteiger partial charge on any atom is -0.393 e. The molecule has 0 saturated carbocycles. The van der Waals surface area contributed by atoms with Crippen LogP contribution in [-0.4, -0.2) is 36.6 Å². The third-order valence-corrected chi connectivity index (χ3v) is 4.67.